The normalized spacial score (nSPS) is 48.8. The summed E-state index contributed by atoms with van der Waals surface area (Å²) in [5.41, 5.74) is 0.491. The van der Waals surface area contributed by atoms with Crippen LogP contribution in [-0.2, 0) is 4.74 Å². The zero-order chi connectivity index (χ0) is 12.2. The van der Waals surface area contributed by atoms with Crippen molar-refractivity contribution in [2.75, 3.05) is 13.2 Å². The fourth-order valence-corrected chi connectivity index (χ4v) is 5.09. The summed E-state index contributed by atoms with van der Waals surface area (Å²) < 4.78 is 5.94. The monoisotopic (exact) mass is 251 g/mol. The second kappa shape index (κ2) is 4.19. The lowest BCUT2D eigenvalue weighted by Crippen LogP contribution is -2.71. The Morgan fingerprint density at radius 1 is 1.17 bits per heavy atom. The van der Waals surface area contributed by atoms with Crippen LogP contribution in [0.15, 0.2) is 0 Å². The second-order valence-electron chi connectivity index (χ2n) is 6.97. The third kappa shape index (κ3) is 1.47. The number of hydrogen-bond acceptors (Lipinski definition) is 3. The highest BCUT2D eigenvalue weighted by molar-refractivity contribution is 5.18. The molecule has 3 aliphatic carbocycles. The molecule has 5 unspecified atom stereocenters. The van der Waals surface area contributed by atoms with E-state index in [9.17, 15) is 5.11 Å². The second-order valence-corrected chi connectivity index (χ2v) is 6.97. The molecule has 1 heterocycles. The molecule has 3 nitrogen and oxygen atoms in total. The van der Waals surface area contributed by atoms with Crippen molar-refractivity contribution >= 4 is 0 Å². The van der Waals surface area contributed by atoms with Gasteiger partial charge in [0, 0.05) is 30.5 Å². The molecule has 1 spiro atoms. The first kappa shape index (κ1) is 11.7. The summed E-state index contributed by atoms with van der Waals surface area (Å²) in [6, 6.07) is 0.687. The molecule has 1 saturated heterocycles. The molecule has 4 fully saturated rings. The van der Waals surface area contributed by atoms with Crippen LogP contribution >= 0.6 is 0 Å². The molecule has 3 heteroatoms. The molecule has 3 saturated carbocycles. The van der Waals surface area contributed by atoms with Crippen LogP contribution in [0.25, 0.3) is 0 Å². The lowest BCUT2D eigenvalue weighted by molar-refractivity contribution is -0.176. The number of nitrogens with one attached hydrogen (secondary N) is 1. The molecule has 0 aromatic carbocycles. The molecule has 102 valence electrons. The maximum Gasteiger partial charge on any atom is 0.0690 e. The molecule has 2 N–H and O–H groups in total. The van der Waals surface area contributed by atoms with Crippen molar-refractivity contribution in [1.29, 1.82) is 0 Å². The van der Waals surface area contributed by atoms with E-state index in [1.807, 2.05) is 0 Å². The zero-order valence-corrected chi connectivity index (χ0v) is 11.1. The van der Waals surface area contributed by atoms with Gasteiger partial charge in [0.15, 0.2) is 0 Å². The number of rotatable bonds is 3. The van der Waals surface area contributed by atoms with Crippen molar-refractivity contribution in [2.45, 2.75) is 63.2 Å². The Bertz CT molecular complexity index is 328. The summed E-state index contributed by atoms with van der Waals surface area (Å²) in [6.45, 7) is 2.00. The summed E-state index contributed by atoms with van der Waals surface area (Å²) in [7, 11) is 0. The van der Waals surface area contributed by atoms with Crippen molar-refractivity contribution in [3.05, 3.63) is 0 Å². The average molecular weight is 251 g/mol. The van der Waals surface area contributed by atoms with Crippen LogP contribution in [-0.4, -0.2) is 36.5 Å². The Morgan fingerprint density at radius 2 is 2.06 bits per heavy atom. The van der Waals surface area contributed by atoms with E-state index >= 15 is 0 Å². The smallest absolute Gasteiger partial charge is 0.0690 e. The van der Waals surface area contributed by atoms with Crippen LogP contribution in [0.3, 0.4) is 0 Å². The standard InChI is InChI=1S/C15H25NO2/c17-12-4-1-3-10(12)9-16-13-11-5-8-18-14(11)15(13)6-2-7-15/h10-14,16-17H,1-9H2. The molecule has 0 bridgehead atoms. The van der Waals surface area contributed by atoms with E-state index in [0.717, 1.165) is 25.5 Å². The molecule has 1 aliphatic heterocycles. The molecule has 4 rings (SSSR count). The van der Waals surface area contributed by atoms with Gasteiger partial charge < -0.3 is 15.2 Å². The summed E-state index contributed by atoms with van der Waals surface area (Å²) >= 11 is 0. The molecule has 5 atom stereocenters. The molecule has 18 heavy (non-hydrogen) atoms. The summed E-state index contributed by atoms with van der Waals surface area (Å²) in [6.07, 6.45) is 9.29. The zero-order valence-electron chi connectivity index (χ0n) is 11.1. The number of hydrogen-bond donors (Lipinski definition) is 2. The maximum atomic E-state index is 9.92. The first-order chi connectivity index (χ1) is 8.81. The Balaban J connectivity index is 1.39. The van der Waals surface area contributed by atoms with E-state index < -0.39 is 0 Å². The number of fused-ring (bicyclic) bond motifs is 2. The van der Waals surface area contributed by atoms with Gasteiger partial charge >= 0.3 is 0 Å². The Hall–Kier alpha value is -0.120. The van der Waals surface area contributed by atoms with Gasteiger partial charge in [-0.3, -0.25) is 0 Å². The van der Waals surface area contributed by atoms with Gasteiger partial charge in [-0.25, -0.2) is 0 Å². The summed E-state index contributed by atoms with van der Waals surface area (Å²) in [4.78, 5) is 0. The minimum absolute atomic E-state index is 0.0504. The predicted octanol–water partition coefficient (Wildman–Crippen LogP) is 1.69. The lowest BCUT2D eigenvalue weighted by Gasteiger charge is -2.63. The van der Waals surface area contributed by atoms with Crippen LogP contribution < -0.4 is 5.32 Å². The van der Waals surface area contributed by atoms with Crippen molar-refractivity contribution < 1.29 is 9.84 Å². The van der Waals surface area contributed by atoms with E-state index in [1.165, 1.54) is 38.5 Å². The molecule has 4 aliphatic rings. The van der Waals surface area contributed by atoms with Gasteiger partial charge in [0.1, 0.15) is 0 Å². The van der Waals surface area contributed by atoms with Gasteiger partial charge in [-0.05, 0) is 38.0 Å². The van der Waals surface area contributed by atoms with E-state index in [2.05, 4.69) is 5.32 Å². The fourth-order valence-electron chi connectivity index (χ4n) is 5.09. The van der Waals surface area contributed by atoms with Crippen molar-refractivity contribution in [3.8, 4) is 0 Å². The Kier molecular flexibility index (Phi) is 2.72. The Labute approximate surface area is 109 Å². The third-order valence-corrected chi connectivity index (χ3v) is 6.26. The lowest BCUT2D eigenvalue weighted by atomic mass is 9.46. The van der Waals surface area contributed by atoms with Gasteiger partial charge in [-0.1, -0.05) is 12.8 Å². The molecular formula is C15H25NO2. The quantitative estimate of drug-likeness (QED) is 0.802. The van der Waals surface area contributed by atoms with Crippen LogP contribution in [0, 0.1) is 17.3 Å². The van der Waals surface area contributed by atoms with E-state index in [1.54, 1.807) is 0 Å². The highest BCUT2D eigenvalue weighted by Gasteiger charge is 2.66. The first-order valence-corrected chi connectivity index (χ1v) is 7.84. The number of aliphatic hydroxyl groups is 1. The third-order valence-electron chi connectivity index (χ3n) is 6.26. The van der Waals surface area contributed by atoms with Crippen molar-refractivity contribution in [2.24, 2.45) is 17.3 Å². The predicted molar refractivity (Wildman–Crippen MR) is 69.3 cm³/mol. The van der Waals surface area contributed by atoms with Gasteiger partial charge in [0.25, 0.3) is 0 Å². The van der Waals surface area contributed by atoms with Crippen LogP contribution in [0.2, 0.25) is 0 Å². The van der Waals surface area contributed by atoms with Gasteiger partial charge in [-0.2, -0.15) is 0 Å². The summed E-state index contributed by atoms with van der Waals surface area (Å²) in [5, 5.41) is 13.7. The van der Waals surface area contributed by atoms with Crippen molar-refractivity contribution in [1.82, 2.24) is 5.32 Å². The van der Waals surface area contributed by atoms with E-state index in [0.29, 0.717) is 23.5 Å². The highest BCUT2D eigenvalue weighted by Crippen LogP contribution is 2.62. The molecule has 0 aromatic heterocycles. The fraction of sp³-hybridized carbons (Fsp3) is 1.00. The Morgan fingerprint density at radius 3 is 2.72 bits per heavy atom. The maximum absolute atomic E-state index is 9.92. The van der Waals surface area contributed by atoms with E-state index in [4.69, 9.17) is 4.74 Å². The topological polar surface area (TPSA) is 41.5 Å². The molecule has 0 aromatic rings. The molecular weight excluding hydrogens is 226 g/mol. The number of aliphatic hydroxyl groups excluding tert-OH is 1. The highest BCUT2D eigenvalue weighted by atomic mass is 16.5. The van der Waals surface area contributed by atoms with Gasteiger partial charge in [0.05, 0.1) is 12.2 Å². The molecule has 0 radical (unpaired) electrons. The SMILES string of the molecule is OC1CCCC1CNC1C2CCOC2C12CCC2. The van der Waals surface area contributed by atoms with Crippen LogP contribution in [0.5, 0.6) is 0 Å². The minimum atomic E-state index is -0.0504. The van der Waals surface area contributed by atoms with Crippen molar-refractivity contribution in [3.63, 3.8) is 0 Å². The first-order valence-electron chi connectivity index (χ1n) is 7.84. The van der Waals surface area contributed by atoms with Gasteiger partial charge in [0.2, 0.25) is 0 Å². The number of ether oxygens (including phenoxy) is 1. The summed E-state index contributed by atoms with van der Waals surface area (Å²) in [5.74, 6) is 1.27. The average Bonchev–Trinajstić information content (AvgIpc) is 2.86. The van der Waals surface area contributed by atoms with Gasteiger partial charge in [-0.15, -0.1) is 0 Å². The van der Waals surface area contributed by atoms with E-state index in [-0.39, 0.29) is 6.10 Å². The minimum Gasteiger partial charge on any atom is -0.393 e. The largest absolute Gasteiger partial charge is 0.393 e. The molecule has 0 amide bonds. The van der Waals surface area contributed by atoms with Crippen LogP contribution in [0.1, 0.15) is 44.9 Å². The van der Waals surface area contributed by atoms with Crippen LogP contribution in [0.4, 0.5) is 0 Å².